The minimum absolute atomic E-state index is 0.0495. The molecule has 0 aliphatic carbocycles. The summed E-state index contributed by atoms with van der Waals surface area (Å²) in [5.41, 5.74) is 1.79. The predicted molar refractivity (Wildman–Crippen MR) is 48.3 cm³/mol. The highest BCUT2D eigenvalue weighted by Gasteiger charge is 2.35. The molecule has 0 radical (unpaired) electrons. The number of imide groups is 1. The molecule has 13 heavy (non-hydrogen) atoms. The highest BCUT2D eigenvalue weighted by molar-refractivity contribution is 6.30. The van der Waals surface area contributed by atoms with Crippen LogP contribution in [0.5, 0.6) is 0 Å². The van der Waals surface area contributed by atoms with Crippen molar-refractivity contribution in [2.75, 3.05) is 4.90 Å². The first kappa shape index (κ1) is 7.98. The number of benzene rings is 1. The number of carbonyl (C=O) groups is 2. The van der Waals surface area contributed by atoms with Crippen LogP contribution in [0.15, 0.2) is 24.3 Å². The summed E-state index contributed by atoms with van der Waals surface area (Å²) in [4.78, 5) is 23.3. The first-order chi connectivity index (χ1) is 6.18. The number of amides is 2. The van der Waals surface area contributed by atoms with Gasteiger partial charge in [-0.15, -0.1) is 0 Å². The second-order valence-corrected chi connectivity index (χ2v) is 3.14. The highest BCUT2D eigenvalue weighted by Crippen LogP contribution is 2.22. The van der Waals surface area contributed by atoms with Gasteiger partial charge in [0, 0.05) is 0 Å². The molecule has 3 heteroatoms. The minimum Gasteiger partial charge on any atom is -0.273 e. The number of nitrogens with zero attached hydrogens (tertiary/aromatic N) is 1. The molecule has 1 aliphatic heterocycles. The van der Waals surface area contributed by atoms with Gasteiger partial charge in [-0.05, 0) is 19.1 Å². The number of carbonyl (C=O) groups excluding carboxylic acids is 2. The van der Waals surface area contributed by atoms with Crippen LogP contribution in [0.2, 0.25) is 0 Å². The second-order valence-electron chi connectivity index (χ2n) is 3.14. The third-order valence-corrected chi connectivity index (χ3v) is 2.09. The number of hydrogen-bond acceptors (Lipinski definition) is 2. The van der Waals surface area contributed by atoms with Crippen molar-refractivity contribution < 1.29 is 9.59 Å². The van der Waals surface area contributed by atoms with Crippen LogP contribution in [-0.4, -0.2) is 11.8 Å². The fraction of sp³-hybridized carbons (Fsp3) is 0.200. The minimum atomic E-state index is -0.117. The Kier molecular flexibility index (Phi) is 1.65. The van der Waals surface area contributed by atoms with Crippen molar-refractivity contribution >= 4 is 17.5 Å². The zero-order valence-corrected chi connectivity index (χ0v) is 7.28. The van der Waals surface area contributed by atoms with Gasteiger partial charge in [0.05, 0.1) is 5.69 Å². The zero-order valence-electron chi connectivity index (χ0n) is 7.28. The third-order valence-electron chi connectivity index (χ3n) is 2.09. The number of β-lactam (4-membered cyclic amide) rings is 2. The maximum absolute atomic E-state index is 11.0. The lowest BCUT2D eigenvalue weighted by Gasteiger charge is -2.28. The Bertz CT molecular complexity index is 353. The van der Waals surface area contributed by atoms with E-state index < -0.39 is 0 Å². The van der Waals surface area contributed by atoms with Gasteiger partial charge in [0.2, 0.25) is 11.8 Å². The Hall–Kier alpha value is -1.64. The van der Waals surface area contributed by atoms with Gasteiger partial charge in [-0.1, -0.05) is 17.7 Å². The Balaban J connectivity index is 2.30. The first-order valence-corrected chi connectivity index (χ1v) is 4.11. The largest absolute Gasteiger partial charge is 0.273 e. The van der Waals surface area contributed by atoms with E-state index in [-0.39, 0.29) is 18.2 Å². The lowest BCUT2D eigenvalue weighted by Crippen LogP contribution is -2.49. The molecule has 2 amide bonds. The van der Waals surface area contributed by atoms with E-state index >= 15 is 0 Å². The molecule has 0 bridgehead atoms. The topological polar surface area (TPSA) is 37.4 Å². The van der Waals surface area contributed by atoms with Crippen LogP contribution in [0.1, 0.15) is 12.0 Å². The summed E-state index contributed by atoms with van der Waals surface area (Å²) in [5, 5.41) is 0. The maximum atomic E-state index is 11.0. The van der Waals surface area contributed by atoms with Crippen molar-refractivity contribution in [1.82, 2.24) is 0 Å². The van der Waals surface area contributed by atoms with E-state index in [1.807, 2.05) is 19.1 Å². The molecule has 1 heterocycles. The molecule has 0 spiro atoms. The average molecular weight is 175 g/mol. The summed E-state index contributed by atoms with van der Waals surface area (Å²) in [6.07, 6.45) is 0.0495. The summed E-state index contributed by atoms with van der Waals surface area (Å²) in [5.74, 6) is -0.234. The van der Waals surface area contributed by atoms with Crippen molar-refractivity contribution in [3.8, 4) is 0 Å². The second kappa shape index (κ2) is 2.69. The molecule has 0 aromatic heterocycles. The quantitative estimate of drug-likeness (QED) is 0.476. The van der Waals surface area contributed by atoms with Gasteiger partial charge >= 0.3 is 0 Å². The molecule has 2 rings (SSSR count). The van der Waals surface area contributed by atoms with Crippen LogP contribution in [0.4, 0.5) is 5.69 Å². The van der Waals surface area contributed by atoms with Gasteiger partial charge in [-0.25, -0.2) is 4.90 Å². The van der Waals surface area contributed by atoms with Crippen molar-refractivity contribution in [1.29, 1.82) is 0 Å². The van der Waals surface area contributed by atoms with E-state index in [0.717, 1.165) is 5.56 Å². The van der Waals surface area contributed by atoms with Gasteiger partial charge in [-0.3, -0.25) is 9.59 Å². The molecular weight excluding hydrogens is 166 g/mol. The lowest BCUT2D eigenvalue weighted by molar-refractivity contribution is -0.136. The smallest absolute Gasteiger partial charge is 0.243 e. The van der Waals surface area contributed by atoms with Gasteiger partial charge in [0.25, 0.3) is 0 Å². The van der Waals surface area contributed by atoms with Crippen LogP contribution in [0.3, 0.4) is 0 Å². The Morgan fingerprint density at radius 1 is 1.08 bits per heavy atom. The highest BCUT2D eigenvalue weighted by atomic mass is 16.2. The van der Waals surface area contributed by atoms with Gasteiger partial charge in [-0.2, -0.15) is 0 Å². The monoisotopic (exact) mass is 175 g/mol. The Morgan fingerprint density at radius 3 is 2.08 bits per heavy atom. The van der Waals surface area contributed by atoms with E-state index in [1.54, 1.807) is 12.1 Å². The number of anilines is 1. The molecule has 0 unspecified atom stereocenters. The third kappa shape index (κ3) is 1.22. The van der Waals surface area contributed by atoms with Crippen molar-refractivity contribution in [2.24, 2.45) is 0 Å². The van der Waals surface area contributed by atoms with Gasteiger partial charge < -0.3 is 0 Å². The molecule has 66 valence electrons. The van der Waals surface area contributed by atoms with Crippen LogP contribution in [0.25, 0.3) is 0 Å². The number of aryl methyl sites for hydroxylation is 1. The van der Waals surface area contributed by atoms with E-state index in [2.05, 4.69) is 0 Å². The molecule has 3 nitrogen and oxygen atoms in total. The van der Waals surface area contributed by atoms with Crippen LogP contribution < -0.4 is 4.90 Å². The van der Waals surface area contributed by atoms with Gasteiger partial charge in [0.15, 0.2) is 0 Å². The molecule has 1 aliphatic rings. The Morgan fingerprint density at radius 2 is 1.62 bits per heavy atom. The first-order valence-electron chi connectivity index (χ1n) is 4.11. The summed E-state index contributed by atoms with van der Waals surface area (Å²) in [6.45, 7) is 1.96. The standard InChI is InChI=1S/C10H9NO2/c1-7-2-4-8(5-3-7)11-9(12)6-10(11)13/h2-5H,6H2,1H3. The van der Waals surface area contributed by atoms with E-state index in [9.17, 15) is 9.59 Å². The summed E-state index contributed by atoms with van der Waals surface area (Å²) in [6, 6.07) is 7.33. The molecule has 1 saturated heterocycles. The summed E-state index contributed by atoms with van der Waals surface area (Å²) < 4.78 is 0. The number of hydrogen-bond donors (Lipinski definition) is 0. The molecular formula is C10H9NO2. The molecule has 1 aromatic rings. The lowest BCUT2D eigenvalue weighted by atomic mass is 10.1. The van der Waals surface area contributed by atoms with E-state index in [4.69, 9.17) is 0 Å². The maximum Gasteiger partial charge on any atom is 0.243 e. The van der Waals surface area contributed by atoms with E-state index in [1.165, 1.54) is 4.90 Å². The van der Waals surface area contributed by atoms with E-state index in [0.29, 0.717) is 5.69 Å². The molecule has 0 atom stereocenters. The zero-order chi connectivity index (χ0) is 9.42. The van der Waals surface area contributed by atoms with Crippen LogP contribution >= 0.6 is 0 Å². The average Bonchev–Trinajstić information content (AvgIpc) is 2.09. The Labute approximate surface area is 76.0 Å². The number of rotatable bonds is 1. The van der Waals surface area contributed by atoms with Crippen LogP contribution in [-0.2, 0) is 9.59 Å². The van der Waals surface area contributed by atoms with Crippen molar-refractivity contribution in [3.05, 3.63) is 29.8 Å². The van der Waals surface area contributed by atoms with Crippen molar-refractivity contribution in [3.63, 3.8) is 0 Å². The predicted octanol–water partition coefficient (Wildman–Crippen LogP) is 1.26. The fourth-order valence-corrected chi connectivity index (χ4v) is 1.32. The normalized spacial score (nSPS) is 15.9. The molecule has 0 N–H and O–H groups in total. The SMILES string of the molecule is Cc1ccc(N2C(=O)CC2=O)cc1. The summed E-state index contributed by atoms with van der Waals surface area (Å²) >= 11 is 0. The van der Waals surface area contributed by atoms with Crippen LogP contribution in [0, 0.1) is 6.92 Å². The fourth-order valence-electron chi connectivity index (χ4n) is 1.32. The summed E-state index contributed by atoms with van der Waals surface area (Å²) in [7, 11) is 0. The molecule has 1 fully saturated rings. The molecule has 1 aromatic carbocycles. The van der Waals surface area contributed by atoms with Crippen molar-refractivity contribution in [2.45, 2.75) is 13.3 Å². The van der Waals surface area contributed by atoms with Gasteiger partial charge in [0.1, 0.15) is 6.42 Å². The molecule has 0 saturated carbocycles.